The van der Waals surface area contributed by atoms with E-state index < -0.39 is 0 Å². The Kier molecular flexibility index (Phi) is 3.22. The molecule has 0 spiro atoms. The number of ketones is 1. The third-order valence-electron chi connectivity index (χ3n) is 3.23. The molecule has 0 atom stereocenters. The lowest BCUT2D eigenvalue weighted by molar-refractivity contribution is -0.118. The smallest absolute Gasteiger partial charge is 0.197 e. The normalized spacial score (nSPS) is 22.1. The molecule has 1 aliphatic carbocycles. The Morgan fingerprint density at radius 2 is 2.21 bits per heavy atom. The average molecular weight is 194 g/mol. The van der Waals surface area contributed by atoms with E-state index in [1.54, 1.807) is 0 Å². The highest BCUT2D eigenvalue weighted by molar-refractivity contribution is 5.93. The third-order valence-corrected chi connectivity index (χ3v) is 3.23. The molecule has 2 aliphatic rings. The largest absolute Gasteiger partial charge is 0.490 e. The van der Waals surface area contributed by atoms with Crippen LogP contribution in [0.4, 0.5) is 0 Å². The molecule has 0 aromatic rings. The second kappa shape index (κ2) is 4.63. The van der Waals surface area contributed by atoms with Gasteiger partial charge in [-0.15, -0.1) is 0 Å². The highest BCUT2D eigenvalue weighted by atomic mass is 16.5. The molecule has 0 aromatic heterocycles. The van der Waals surface area contributed by atoms with Gasteiger partial charge in [0.1, 0.15) is 0 Å². The van der Waals surface area contributed by atoms with Crippen LogP contribution in [0.5, 0.6) is 0 Å². The lowest BCUT2D eigenvalue weighted by atomic mass is 10.00. The van der Waals surface area contributed by atoms with Crippen LogP contribution in [0.2, 0.25) is 0 Å². The van der Waals surface area contributed by atoms with E-state index in [2.05, 4.69) is 0 Å². The molecule has 1 fully saturated rings. The number of allylic oxidation sites excluding steroid dienone is 1. The van der Waals surface area contributed by atoms with Gasteiger partial charge < -0.3 is 4.74 Å². The maximum Gasteiger partial charge on any atom is 0.197 e. The van der Waals surface area contributed by atoms with Crippen LogP contribution < -0.4 is 0 Å². The van der Waals surface area contributed by atoms with Crippen molar-refractivity contribution >= 4 is 5.78 Å². The molecule has 0 radical (unpaired) electrons. The predicted molar refractivity (Wildman–Crippen MR) is 54.9 cm³/mol. The lowest BCUT2D eigenvalue weighted by Crippen LogP contribution is -2.05. The van der Waals surface area contributed by atoms with Crippen molar-refractivity contribution < 1.29 is 9.53 Å². The van der Waals surface area contributed by atoms with Gasteiger partial charge in [-0.1, -0.05) is 25.7 Å². The van der Waals surface area contributed by atoms with Crippen LogP contribution in [0.25, 0.3) is 0 Å². The fourth-order valence-electron chi connectivity index (χ4n) is 2.37. The first-order valence-electron chi connectivity index (χ1n) is 5.72. The van der Waals surface area contributed by atoms with Crippen LogP contribution in [0.3, 0.4) is 0 Å². The number of carbonyl (C=O) groups excluding carboxylic acids is 1. The maximum absolute atomic E-state index is 11.6. The molecule has 0 saturated heterocycles. The summed E-state index contributed by atoms with van der Waals surface area (Å²) in [4.78, 5) is 11.6. The zero-order chi connectivity index (χ0) is 9.80. The summed E-state index contributed by atoms with van der Waals surface area (Å²) in [7, 11) is 0. The number of Topliss-reactive ketones (excluding diaryl/α,β-unsaturated/α-hetero) is 1. The third kappa shape index (κ3) is 2.37. The van der Waals surface area contributed by atoms with Crippen molar-refractivity contribution in [2.75, 3.05) is 6.61 Å². The van der Waals surface area contributed by atoms with Gasteiger partial charge in [-0.25, -0.2) is 0 Å². The average Bonchev–Trinajstić information content (AvgIpc) is 2.87. The summed E-state index contributed by atoms with van der Waals surface area (Å²) in [5.74, 6) is 1.65. The summed E-state index contributed by atoms with van der Waals surface area (Å²) in [6, 6.07) is 0. The van der Waals surface area contributed by atoms with E-state index in [1.807, 2.05) is 6.08 Å². The standard InChI is InChI=1S/C12H18O2/c13-11(12-6-3-9-14-12)8-7-10-4-1-2-5-10/h6,10H,1-5,7-9H2. The molecule has 1 heterocycles. The Bertz CT molecular complexity index is 237. The van der Waals surface area contributed by atoms with Crippen molar-refractivity contribution in [1.29, 1.82) is 0 Å². The van der Waals surface area contributed by atoms with Gasteiger partial charge in [0.05, 0.1) is 6.61 Å². The van der Waals surface area contributed by atoms with Gasteiger partial charge in [-0.05, 0) is 18.4 Å². The minimum atomic E-state index is 0.217. The summed E-state index contributed by atoms with van der Waals surface area (Å²) >= 11 is 0. The molecule has 1 saturated carbocycles. The minimum Gasteiger partial charge on any atom is -0.490 e. The second-order valence-corrected chi connectivity index (χ2v) is 4.32. The molecule has 0 amide bonds. The van der Waals surface area contributed by atoms with Crippen LogP contribution in [0, 0.1) is 5.92 Å². The van der Waals surface area contributed by atoms with Gasteiger partial charge in [-0.2, -0.15) is 0 Å². The van der Waals surface area contributed by atoms with Gasteiger partial charge in [-0.3, -0.25) is 4.79 Å². The van der Waals surface area contributed by atoms with E-state index in [0.717, 1.165) is 18.8 Å². The van der Waals surface area contributed by atoms with Crippen LogP contribution in [0.15, 0.2) is 11.8 Å². The van der Waals surface area contributed by atoms with E-state index in [0.29, 0.717) is 18.8 Å². The van der Waals surface area contributed by atoms with Gasteiger partial charge in [0.2, 0.25) is 0 Å². The van der Waals surface area contributed by atoms with Crippen molar-refractivity contribution in [3.8, 4) is 0 Å². The molecular weight excluding hydrogens is 176 g/mol. The molecule has 0 aromatic carbocycles. The van der Waals surface area contributed by atoms with Gasteiger partial charge in [0, 0.05) is 12.8 Å². The molecule has 0 unspecified atom stereocenters. The Balaban J connectivity index is 1.71. The molecule has 1 aliphatic heterocycles. The molecular formula is C12H18O2. The highest BCUT2D eigenvalue weighted by Gasteiger charge is 2.19. The highest BCUT2D eigenvalue weighted by Crippen LogP contribution is 2.29. The van der Waals surface area contributed by atoms with Gasteiger partial charge in [0.25, 0.3) is 0 Å². The lowest BCUT2D eigenvalue weighted by Gasteiger charge is -2.07. The number of hydrogen-bond acceptors (Lipinski definition) is 2. The van der Waals surface area contributed by atoms with E-state index in [-0.39, 0.29) is 5.78 Å². The summed E-state index contributed by atoms with van der Waals surface area (Å²) < 4.78 is 5.24. The molecule has 2 nitrogen and oxygen atoms in total. The predicted octanol–water partition coefficient (Wildman–Crippen LogP) is 2.83. The molecule has 78 valence electrons. The number of ether oxygens (including phenoxy) is 1. The van der Waals surface area contributed by atoms with E-state index in [4.69, 9.17) is 4.74 Å². The van der Waals surface area contributed by atoms with Crippen molar-refractivity contribution in [3.63, 3.8) is 0 Å². The Morgan fingerprint density at radius 1 is 1.43 bits per heavy atom. The Labute approximate surface area is 85.3 Å². The molecule has 2 rings (SSSR count). The van der Waals surface area contributed by atoms with Crippen LogP contribution >= 0.6 is 0 Å². The van der Waals surface area contributed by atoms with E-state index in [9.17, 15) is 4.79 Å². The first-order valence-corrected chi connectivity index (χ1v) is 5.72. The van der Waals surface area contributed by atoms with E-state index in [1.165, 1.54) is 25.7 Å². The Morgan fingerprint density at radius 3 is 2.86 bits per heavy atom. The zero-order valence-corrected chi connectivity index (χ0v) is 8.63. The van der Waals surface area contributed by atoms with Crippen molar-refractivity contribution in [3.05, 3.63) is 11.8 Å². The molecule has 0 N–H and O–H groups in total. The fraction of sp³-hybridized carbons (Fsp3) is 0.750. The monoisotopic (exact) mass is 194 g/mol. The van der Waals surface area contributed by atoms with Crippen molar-refractivity contribution in [1.82, 2.24) is 0 Å². The molecule has 0 bridgehead atoms. The number of rotatable bonds is 4. The fourth-order valence-corrected chi connectivity index (χ4v) is 2.37. The number of carbonyl (C=O) groups is 1. The number of hydrogen-bond donors (Lipinski definition) is 0. The first kappa shape index (κ1) is 9.75. The van der Waals surface area contributed by atoms with Crippen molar-refractivity contribution in [2.24, 2.45) is 5.92 Å². The quantitative estimate of drug-likeness (QED) is 0.688. The second-order valence-electron chi connectivity index (χ2n) is 4.32. The summed E-state index contributed by atoms with van der Waals surface area (Å²) in [6.45, 7) is 0.699. The van der Waals surface area contributed by atoms with Crippen molar-refractivity contribution in [2.45, 2.75) is 44.9 Å². The van der Waals surface area contributed by atoms with Gasteiger partial charge in [0.15, 0.2) is 11.5 Å². The minimum absolute atomic E-state index is 0.217. The summed E-state index contributed by atoms with van der Waals surface area (Å²) in [5.41, 5.74) is 0. The van der Waals surface area contributed by atoms with E-state index >= 15 is 0 Å². The van der Waals surface area contributed by atoms with Crippen LogP contribution in [-0.2, 0) is 9.53 Å². The molecule has 2 heteroatoms. The van der Waals surface area contributed by atoms with Crippen LogP contribution in [-0.4, -0.2) is 12.4 Å². The molecule has 14 heavy (non-hydrogen) atoms. The Hall–Kier alpha value is -0.790. The van der Waals surface area contributed by atoms with Gasteiger partial charge >= 0.3 is 0 Å². The van der Waals surface area contributed by atoms with Crippen LogP contribution in [0.1, 0.15) is 44.9 Å². The first-order chi connectivity index (χ1) is 6.86. The summed E-state index contributed by atoms with van der Waals surface area (Å²) in [6.07, 6.45) is 9.97. The maximum atomic E-state index is 11.6. The SMILES string of the molecule is O=C(CCC1CCCC1)C1=CCCO1. The zero-order valence-electron chi connectivity index (χ0n) is 8.63. The summed E-state index contributed by atoms with van der Waals surface area (Å²) in [5, 5.41) is 0. The topological polar surface area (TPSA) is 26.3 Å².